The first kappa shape index (κ1) is 26.8. The van der Waals surface area contributed by atoms with Gasteiger partial charge in [-0.15, -0.1) is 0 Å². The van der Waals surface area contributed by atoms with Crippen LogP contribution in [0, 0.1) is 0 Å². The van der Waals surface area contributed by atoms with E-state index in [2.05, 4.69) is 41.5 Å². The van der Waals surface area contributed by atoms with Gasteiger partial charge >= 0.3 is 0 Å². The number of unbranched alkanes of at least 4 members (excludes halogenated alkanes) is 3. The van der Waals surface area contributed by atoms with Gasteiger partial charge in [0.05, 0.1) is 12.9 Å². The summed E-state index contributed by atoms with van der Waals surface area (Å²) in [7, 11) is 0. The van der Waals surface area contributed by atoms with E-state index in [1.54, 1.807) is 6.26 Å². The smallest absolute Gasteiger partial charge is 0.0908 e. The van der Waals surface area contributed by atoms with Gasteiger partial charge in [-0.2, -0.15) is 0 Å². The van der Waals surface area contributed by atoms with Crippen molar-refractivity contribution in [1.82, 2.24) is 0 Å². The number of rotatable bonds is 3. The fraction of sp³-hybridized carbons (Fsp3) is 0.875. The van der Waals surface area contributed by atoms with Gasteiger partial charge in [-0.05, 0) is 6.08 Å². The second-order valence-corrected chi connectivity index (χ2v) is 4.03. The molecular formula is C16H36OSn. The van der Waals surface area contributed by atoms with Crippen LogP contribution in [0.4, 0.5) is 0 Å². The fourth-order valence-electron chi connectivity index (χ4n) is 0.340. The molecule has 0 aromatic carbocycles. The van der Waals surface area contributed by atoms with Gasteiger partial charge in [-0.1, -0.05) is 80.1 Å². The van der Waals surface area contributed by atoms with Crippen molar-refractivity contribution in [1.29, 1.82) is 0 Å². The fourth-order valence-corrected chi connectivity index (χ4v) is 0.340. The van der Waals surface area contributed by atoms with Crippen molar-refractivity contribution < 1.29 is 4.74 Å². The second kappa shape index (κ2) is 36.0. The molecule has 0 spiro atoms. The van der Waals surface area contributed by atoms with Crippen LogP contribution in [0.15, 0.2) is 12.3 Å². The maximum absolute atomic E-state index is 4.76. The molecule has 0 saturated heterocycles. The van der Waals surface area contributed by atoms with Crippen LogP contribution in [-0.4, -0.2) is 30.5 Å². The van der Waals surface area contributed by atoms with E-state index in [0.29, 0.717) is 0 Å². The second-order valence-electron chi connectivity index (χ2n) is 4.03. The third kappa shape index (κ3) is 55.3. The molecule has 0 N–H and O–H groups in total. The Morgan fingerprint density at radius 2 is 1.06 bits per heavy atom. The molecule has 0 bridgehead atoms. The predicted octanol–water partition coefficient (Wildman–Crippen LogP) is 5.96. The van der Waals surface area contributed by atoms with Crippen LogP contribution in [0.1, 0.15) is 86.5 Å². The van der Waals surface area contributed by atoms with E-state index in [1.165, 1.54) is 38.5 Å². The molecule has 1 nitrogen and oxygen atoms in total. The zero-order valence-electron chi connectivity index (χ0n) is 13.7. The van der Waals surface area contributed by atoms with Gasteiger partial charge < -0.3 is 4.74 Å². The molecule has 18 heavy (non-hydrogen) atoms. The Hall–Kier alpha value is 0.339. The van der Waals surface area contributed by atoms with Crippen molar-refractivity contribution >= 4 is 23.9 Å². The van der Waals surface area contributed by atoms with E-state index in [-0.39, 0.29) is 23.9 Å². The summed E-state index contributed by atoms with van der Waals surface area (Å²) < 4.78 is 4.76. The SMILES string of the molecule is C1=COCC1.CCCC.CCCC.CCCC.[Sn]. The standard InChI is InChI=1S/C4H6O.3C4H10.Sn/c1-2-4-5-3-1;3*1-3-4-2;/h1,3H,2,4H2;3*3-4H2,1-2H3;. The molecule has 110 valence electrons. The Bertz CT molecular complexity index is 92.2. The van der Waals surface area contributed by atoms with E-state index in [1.807, 2.05) is 6.08 Å². The summed E-state index contributed by atoms with van der Waals surface area (Å²) in [6.45, 7) is 14.0. The van der Waals surface area contributed by atoms with Crippen molar-refractivity contribution in [3.05, 3.63) is 12.3 Å². The van der Waals surface area contributed by atoms with Crippen molar-refractivity contribution in [3.63, 3.8) is 0 Å². The van der Waals surface area contributed by atoms with Gasteiger partial charge in [0.1, 0.15) is 0 Å². The maximum atomic E-state index is 4.76. The molecule has 0 atom stereocenters. The molecule has 0 saturated carbocycles. The summed E-state index contributed by atoms with van der Waals surface area (Å²) in [4.78, 5) is 0. The molecule has 1 rings (SSSR count). The summed E-state index contributed by atoms with van der Waals surface area (Å²) in [5, 5.41) is 0. The Labute approximate surface area is 134 Å². The molecule has 1 heterocycles. The van der Waals surface area contributed by atoms with Crippen molar-refractivity contribution in [3.8, 4) is 0 Å². The third-order valence-corrected chi connectivity index (χ3v) is 2.09. The van der Waals surface area contributed by atoms with Crippen LogP contribution in [-0.2, 0) is 4.74 Å². The average Bonchev–Trinajstić information content (AvgIpc) is 2.98. The normalized spacial score (nSPS) is 10.3. The Kier molecular flexibility index (Phi) is 53.6. The Morgan fingerprint density at radius 3 is 1.11 bits per heavy atom. The third-order valence-electron chi connectivity index (χ3n) is 2.09. The van der Waals surface area contributed by atoms with Crippen LogP contribution < -0.4 is 0 Å². The van der Waals surface area contributed by atoms with Gasteiger partial charge in [0.15, 0.2) is 0 Å². The molecule has 1 aliphatic rings. The van der Waals surface area contributed by atoms with Crippen LogP contribution in [0.5, 0.6) is 0 Å². The summed E-state index contributed by atoms with van der Waals surface area (Å²) in [6.07, 6.45) is 12.8. The Morgan fingerprint density at radius 1 is 0.722 bits per heavy atom. The van der Waals surface area contributed by atoms with Crippen LogP contribution in [0.2, 0.25) is 0 Å². The summed E-state index contributed by atoms with van der Waals surface area (Å²) >= 11 is 0. The van der Waals surface area contributed by atoms with Crippen LogP contribution in [0.25, 0.3) is 0 Å². The average molecular weight is 363 g/mol. The van der Waals surface area contributed by atoms with Gasteiger partial charge in [0.2, 0.25) is 0 Å². The Balaban J connectivity index is -0.0000000719. The predicted molar refractivity (Wildman–Crippen MR) is 87.2 cm³/mol. The van der Waals surface area contributed by atoms with Gasteiger partial charge in [0.25, 0.3) is 0 Å². The summed E-state index contributed by atoms with van der Waals surface area (Å²) in [5.41, 5.74) is 0. The van der Waals surface area contributed by atoms with Crippen molar-refractivity contribution in [2.75, 3.05) is 6.61 Å². The zero-order valence-corrected chi connectivity index (χ0v) is 16.6. The van der Waals surface area contributed by atoms with E-state index in [4.69, 9.17) is 4.74 Å². The molecule has 0 aromatic rings. The van der Waals surface area contributed by atoms with Crippen molar-refractivity contribution in [2.24, 2.45) is 0 Å². The quantitative estimate of drug-likeness (QED) is 0.563. The molecule has 0 fully saturated rings. The molecule has 2 heteroatoms. The number of hydrogen-bond donors (Lipinski definition) is 0. The minimum absolute atomic E-state index is 0. The van der Waals surface area contributed by atoms with Gasteiger partial charge in [0, 0.05) is 30.3 Å². The first-order valence-electron chi connectivity index (χ1n) is 7.51. The van der Waals surface area contributed by atoms with E-state index >= 15 is 0 Å². The monoisotopic (exact) mass is 364 g/mol. The van der Waals surface area contributed by atoms with Gasteiger partial charge in [-0.25, -0.2) is 0 Å². The molecule has 1 aliphatic heterocycles. The van der Waals surface area contributed by atoms with Crippen molar-refractivity contribution in [2.45, 2.75) is 86.5 Å². The molecule has 0 amide bonds. The first-order valence-corrected chi connectivity index (χ1v) is 7.51. The maximum Gasteiger partial charge on any atom is 0.0908 e. The van der Waals surface area contributed by atoms with Crippen LogP contribution in [0.3, 0.4) is 0 Å². The van der Waals surface area contributed by atoms with E-state index < -0.39 is 0 Å². The molecule has 0 aliphatic carbocycles. The number of ether oxygens (including phenoxy) is 1. The molecular weight excluding hydrogens is 327 g/mol. The van der Waals surface area contributed by atoms with Crippen LogP contribution >= 0.6 is 0 Å². The molecule has 0 aromatic heterocycles. The van der Waals surface area contributed by atoms with Gasteiger partial charge in [-0.3, -0.25) is 0 Å². The largest absolute Gasteiger partial charge is 0.501 e. The van der Waals surface area contributed by atoms with E-state index in [9.17, 15) is 0 Å². The summed E-state index contributed by atoms with van der Waals surface area (Å²) in [5.74, 6) is 0. The zero-order chi connectivity index (χ0) is 13.8. The summed E-state index contributed by atoms with van der Waals surface area (Å²) in [6, 6.07) is 0. The molecule has 4 radical (unpaired) electrons. The molecule has 0 unspecified atom stereocenters. The first-order chi connectivity index (χ1) is 8.24. The minimum atomic E-state index is 0. The minimum Gasteiger partial charge on any atom is -0.501 e. The van der Waals surface area contributed by atoms with E-state index in [0.717, 1.165) is 13.0 Å². The topological polar surface area (TPSA) is 9.23 Å². The number of hydrogen-bond acceptors (Lipinski definition) is 1.